The molecule has 0 bridgehead atoms. The van der Waals surface area contributed by atoms with Crippen molar-refractivity contribution in [2.24, 2.45) is 0 Å². The molecular formula is C12H15F2NS. The molecule has 0 aliphatic rings. The number of thioether (sulfide) groups is 1. The molecule has 1 nitrogen and oxygen atoms in total. The van der Waals surface area contributed by atoms with Crippen LogP contribution in [-0.4, -0.2) is 12.3 Å². The van der Waals surface area contributed by atoms with E-state index in [0.717, 1.165) is 5.69 Å². The van der Waals surface area contributed by atoms with E-state index in [4.69, 9.17) is 0 Å². The van der Waals surface area contributed by atoms with E-state index in [2.05, 4.69) is 5.32 Å². The van der Waals surface area contributed by atoms with E-state index in [9.17, 15) is 8.78 Å². The van der Waals surface area contributed by atoms with E-state index in [1.807, 2.05) is 32.1 Å². The third-order valence-corrected chi connectivity index (χ3v) is 2.69. The molecule has 1 aromatic rings. The Balaban J connectivity index is 2.67. The first-order valence-electron chi connectivity index (χ1n) is 5.00. The van der Waals surface area contributed by atoms with Crippen LogP contribution >= 0.6 is 11.8 Å². The summed E-state index contributed by atoms with van der Waals surface area (Å²) >= 11 is 0.567. The molecule has 0 amide bonds. The number of allylic oxidation sites excluding steroid dienone is 1. The van der Waals surface area contributed by atoms with Crippen LogP contribution in [0.3, 0.4) is 0 Å². The first-order valence-corrected chi connectivity index (χ1v) is 5.88. The van der Waals surface area contributed by atoms with Gasteiger partial charge in [0.05, 0.1) is 0 Å². The summed E-state index contributed by atoms with van der Waals surface area (Å²) in [6.07, 6.45) is 2.02. The van der Waals surface area contributed by atoms with Gasteiger partial charge in [0.2, 0.25) is 0 Å². The Morgan fingerprint density at radius 3 is 2.69 bits per heavy atom. The molecule has 0 fully saturated rings. The summed E-state index contributed by atoms with van der Waals surface area (Å²) in [5, 5.41) is 3.12. The van der Waals surface area contributed by atoms with Gasteiger partial charge in [-0.05, 0) is 26.0 Å². The van der Waals surface area contributed by atoms with Gasteiger partial charge in [-0.1, -0.05) is 35.5 Å². The van der Waals surface area contributed by atoms with E-state index in [-0.39, 0.29) is 0 Å². The van der Waals surface area contributed by atoms with Gasteiger partial charge in [-0.2, -0.15) is 8.78 Å². The molecule has 0 spiro atoms. The van der Waals surface area contributed by atoms with Crippen LogP contribution in [0.4, 0.5) is 14.5 Å². The number of alkyl halides is 2. The summed E-state index contributed by atoms with van der Waals surface area (Å²) in [7, 11) is 0. The van der Waals surface area contributed by atoms with Crippen LogP contribution in [0.1, 0.15) is 13.8 Å². The second-order valence-corrected chi connectivity index (χ2v) is 4.57. The minimum Gasteiger partial charge on any atom is -0.381 e. The number of anilines is 1. The highest BCUT2D eigenvalue weighted by molar-refractivity contribution is 7.99. The van der Waals surface area contributed by atoms with Gasteiger partial charge in [0.25, 0.3) is 5.76 Å². The van der Waals surface area contributed by atoms with Gasteiger partial charge in [-0.25, -0.2) is 0 Å². The standard InChI is InChI=1S/C12H15F2NS/c1-9(2)7-8-15-10-5-3-4-6-11(10)16-12(13)14/h3-7,12,15H,8H2,1-2H3. The summed E-state index contributed by atoms with van der Waals surface area (Å²) < 4.78 is 24.5. The topological polar surface area (TPSA) is 12.0 Å². The van der Waals surface area contributed by atoms with Gasteiger partial charge < -0.3 is 5.32 Å². The summed E-state index contributed by atoms with van der Waals surface area (Å²) in [4.78, 5) is 0.583. The van der Waals surface area contributed by atoms with Crippen LogP contribution in [0.2, 0.25) is 0 Å². The van der Waals surface area contributed by atoms with Crippen molar-refractivity contribution in [2.75, 3.05) is 11.9 Å². The highest BCUT2D eigenvalue weighted by atomic mass is 32.2. The van der Waals surface area contributed by atoms with Crippen molar-refractivity contribution >= 4 is 17.4 Å². The Morgan fingerprint density at radius 1 is 1.38 bits per heavy atom. The molecule has 0 atom stereocenters. The van der Waals surface area contributed by atoms with Crippen molar-refractivity contribution in [1.29, 1.82) is 0 Å². The molecule has 1 N–H and O–H groups in total. The molecule has 0 unspecified atom stereocenters. The highest BCUT2D eigenvalue weighted by Crippen LogP contribution is 2.31. The van der Waals surface area contributed by atoms with E-state index >= 15 is 0 Å². The minimum absolute atomic E-state index is 0.567. The van der Waals surface area contributed by atoms with Gasteiger partial charge in [0.15, 0.2) is 0 Å². The molecule has 0 aliphatic heterocycles. The zero-order valence-corrected chi connectivity index (χ0v) is 10.2. The molecule has 0 heterocycles. The molecule has 0 saturated carbocycles. The zero-order valence-electron chi connectivity index (χ0n) is 9.34. The second-order valence-electron chi connectivity index (χ2n) is 3.54. The zero-order chi connectivity index (χ0) is 12.0. The molecule has 0 aromatic heterocycles. The fourth-order valence-corrected chi connectivity index (χ4v) is 1.79. The Bertz CT molecular complexity index is 360. The third-order valence-electron chi connectivity index (χ3n) is 1.91. The maximum Gasteiger partial charge on any atom is 0.288 e. The normalized spacial score (nSPS) is 10.3. The van der Waals surface area contributed by atoms with E-state index in [0.29, 0.717) is 23.2 Å². The van der Waals surface area contributed by atoms with Crippen molar-refractivity contribution in [3.8, 4) is 0 Å². The first-order chi connectivity index (χ1) is 7.59. The van der Waals surface area contributed by atoms with E-state index < -0.39 is 5.76 Å². The molecule has 16 heavy (non-hydrogen) atoms. The van der Waals surface area contributed by atoms with Gasteiger partial charge >= 0.3 is 0 Å². The minimum atomic E-state index is -2.38. The maximum atomic E-state index is 12.3. The van der Waals surface area contributed by atoms with Crippen LogP contribution < -0.4 is 5.32 Å². The number of halogens is 2. The van der Waals surface area contributed by atoms with Crippen LogP contribution in [-0.2, 0) is 0 Å². The predicted molar refractivity (Wildman–Crippen MR) is 66.2 cm³/mol. The molecule has 88 valence electrons. The van der Waals surface area contributed by atoms with Crippen LogP contribution in [0.5, 0.6) is 0 Å². The maximum absolute atomic E-state index is 12.3. The fraction of sp³-hybridized carbons (Fsp3) is 0.333. The van der Waals surface area contributed by atoms with Crippen LogP contribution in [0.15, 0.2) is 40.8 Å². The number of hydrogen-bond acceptors (Lipinski definition) is 2. The molecular weight excluding hydrogens is 228 g/mol. The summed E-state index contributed by atoms with van der Waals surface area (Å²) in [5.41, 5.74) is 1.96. The van der Waals surface area contributed by atoms with Gasteiger partial charge in [0, 0.05) is 17.1 Å². The number of para-hydroxylation sites is 1. The molecule has 1 rings (SSSR count). The number of hydrogen-bond donors (Lipinski definition) is 1. The Morgan fingerprint density at radius 2 is 2.06 bits per heavy atom. The van der Waals surface area contributed by atoms with Gasteiger partial charge in [-0.3, -0.25) is 0 Å². The SMILES string of the molecule is CC(C)=CCNc1ccccc1SC(F)F. The van der Waals surface area contributed by atoms with E-state index in [1.54, 1.807) is 12.1 Å². The Labute approximate surface area is 98.9 Å². The van der Waals surface area contributed by atoms with Crippen molar-refractivity contribution < 1.29 is 8.78 Å². The highest BCUT2D eigenvalue weighted by Gasteiger charge is 2.08. The quantitative estimate of drug-likeness (QED) is 0.608. The van der Waals surface area contributed by atoms with Gasteiger partial charge in [0.1, 0.15) is 0 Å². The summed E-state index contributed by atoms with van der Waals surface area (Å²) in [5.74, 6) is -2.38. The Kier molecular flexibility index (Phi) is 5.32. The smallest absolute Gasteiger partial charge is 0.288 e. The lowest BCUT2D eigenvalue weighted by atomic mass is 10.3. The third kappa shape index (κ3) is 4.66. The number of rotatable bonds is 5. The second kappa shape index (κ2) is 6.53. The Hall–Kier alpha value is -1.03. The number of nitrogens with one attached hydrogen (secondary N) is 1. The summed E-state index contributed by atoms with van der Waals surface area (Å²) in [6.45, 7) is 4.66. The lowest BCUT2D eigenvalue weighted by molar-refractivity contribution is 0.252. The molecule has 0 radical (unpaired) electrons. The molecule has 0 saturated heterocycles. The lowest BCUT2D eigenvalue weighted by Gasteiger charge is -2.09. The van der Waals surface area contributed by atoms with Crippen LogP contribution in [0.25, 0.3) is 0 Å². The predicted octanol–water partition coefficient (Wildman–Crippen LogP) is 4.38. The van der Waals surface area contributed by atoms with E-state index in [1.165, 1.54) is 5.57 Å². The summed E-state index contributed by atoms with van der Waals surface area (Å²) in [6, 6.07) is 7.10. The molecule has 1 aromatic carbocycles. The first kappa shape index (κ1) is 13.0. The fourth-order valence-electron chi connectivity index (χ4n) is 1.18. The lowest BCUT2D eigenvalue weighted by Crippen LogP contribution is -2.00. The van der Waals surface area contributed by atoms with Crippen molar-refractivity contribution in [3.63, 3.8) is 0 Å². The monoisotopic (exact) mass is 243 g/mol. The molecule has 4 heteroatoms. The van der Waals surface area contributed by atoms with Crippen molar-refractivity contribution in [3.05, 3.63) is 35.9 Å². The molecule has 0 aliphatic carbocycles. The average Bonchev–Trinajstić information content (AvgIpc) is 2.19. The largest absolute Gasteiger partial charge is 0.381 e. The van der Waals surface area contributed by atoms with Crippen molar-refractivity contribution in [2.45, 2.75) is 24.5 Å². The number of benzene rings is 1. The van der Waals surface area contributed by atoms with Crippen molar-refractivity contribution in [1.82, 2.24) is 0 Å². The van der Waals surface area contributed by atoms with Gasteiger partial charge in [-0.15, -0.1) is 0 Å². The average molecular weight is 243 g/mol. The van der Waals surface area contributed by atoms with Crippen LogP contribution in [0, 0.1) is 0 Å².